The molecule has 2 aromatic heterocycles. The lowest BCUT2D eigenvalue weighted by molar-refractivity contribution is 0.0695. The number of piperazine rings is 1. The maximum atomic E-state index is 12.5. The fraction of sp³-hybridized carbons (Fsp3) is 0.348. The number of carboxylic acids is 1. The second-order valence-electron chi connectivity index (χ2n) is 7.93. The number of nitrogens with one attached hydrogen (secondary N) is 1. The van der Waals surface area contributed by atoms with E-state index in [0.29, 0.717) is 49.4 Å². The predicted octanol–water partition coefficient (Wildman–Crippen LogP) is 2.27. The molecule has 1 saturated heterocycles. The lowest BCUT2D eigenvalue weighted by Gasteiger charge is -2.37. The highest BCUT2D eigenvalue weighted by Gasteiger charge is 2.23. The van der Waals surface area contributed by atoms with Gasteiger partial charge in [0.2, 0.25) is 11.4 Å². The minimum Gasteiger partial charge on any atom is -0.477 e. The zero-order valence-corrected chi connectivity index (χ0v) is 19.4. The number of fused-ring (bicyclic) bond motifs is 1. The molecule has 0 spiro atoms. The van der Waals surface area contributed by atoms with Crippen molar-refractivity contribution >= 4 is 40.3 Å². The quantitative estimate of drug-likeness (QED) is 0.548. The number of thiocarbonyl (C=S) groups is 1. The van der Waals surface area contributed by atoms with Crippen molar-refractivity contribution in [2.45, 2.75) is 26.4 Å². The van der Waals surface area contributed by atoms with E-state index in [0.717, 1.165) is 0 Å². The van der Waals surface area contributed by atoms with Gasteiger partial charge in [-0.2, -0.15) is 4.98 Å². The van der Waals surface area contributed by atoms with E-state index < -0.39 is 11.4 Å². The van der Waals surface area contributed by atoms with Gasteiger partial charge in [-0.15, -0.1) is 0 Å². The van der Waals surface area contributed by atoms with Gasteiger partial charge < -0.3 is 24.8 Å². The number of aromatic nitrogens is 3. The summed E-state index contributed by atoms with van der Waals surface area (Å²) in [4.78, 5) is 37.1. The van der Waals surface area contributed by atoms with Crippen LogP contribution < -0.4 is 15.6 Å². The molecular formula is C23H26N6O3S. The fourth-order valence-electron chi connectivity index (χ4n) is 3.92. The Labute approximate surface area is 196 Å². The smallest absolute Gasteiger partial charge is 0.341 e. The highest BCUT2D eigenvalue weighted by molar-refractivity contribution is 7.80. The zero-order chi connectivity index (χ0) is 23.5. The summed E-state index contributed by atoms with van der Waals surface area (Å²) in [6, 6.07) is 10.3. The minimum atomic E-state index is -1.25. The van der Waals surface area contributed by atoms with Crippen molar-refractivity contribution in [3.8, 4) is 0 Å². The number of aryl methyl sites for hydroxylation is 1. The van der Waals surface area contributed by atoms with E-state index in [1.165, 1.54) is 18.0 Å². The zero-order valence-electron chi connectivity index (χ0n) is 18.6. The van der Waals surface area contributed by atoms with Crippen LogP contribution >= 0.6 is 12.2 Å². The number of aromatic carboxylic acids is 1. The first-order valence-corrected chi connectivity index (χ1v) is 11.3. The van der Waals surface area contributed by atoms with E-state index in [4.69, 9.17) is 12.2 Å². The summed E-state index contributed by atoms with van der Waals surface area (Å²) in [6.45, 7) is 7.24. The molecule has 4 rings (SSSR count). The van der Waals surface area contributed by atoms with Crippen LogP contribution in [0.4, 0.5) is 5.95 Å². The van der Waals surface area contributed by atoms with E-state index in [2.05, 4.69) is 44.1 Å². The van der Waals surface area contributed by atoms with Gasteiger partial charge in [-0.1, -0.05) is 30.3 Å². The van der Waals surface area contributed by atoms with Gasteiger partial charge in [0.15, 0.2) is 5.11 Å². The Morgan fingerprint density at radius 3 is 2.55 bits per heavy atom. The molecule has 0 aliphatic carbocycles. The van der Waals surface area contributed by atoms with Gasteiger partial charge in [0.25, 0.3) is 0 Å². The van der Waals surface area contributed by atoms with Crippen LogP contribution in [0.25, 0.3) is 11.0 Å². The molecule has 0 radical (unpaired) electrons. The molecule has 172 valence electrons. The van der Waals surface area contributed by atoms with Crippen LogP contribution in [0.3, 0.4) is 0 Å². The Balaban J connectivity index is 1.46. The molecule has 33 heavy (non-hydrogen) atoms. The molecule has 0 unspecified atom stereocenters. The molecule has 0 amide bonds. The maximum absolute atomic E-state index is 12.5. The second kappa shape index (κ2) is 9.53. The Hall–Kier alpha value is -3.53. The number of pyridine rings is 1. The maximum Gasteiger partial charge on any atom is 0.341 e. The van der Waals surface area contributed by atoms with E-state index in [9.17, 15) is 14.7 Å². The van der Waals surface area contributed by atoms with Crippen molar-refractivity contribution in [1.29, 1.82) is 0 Å². The van der Waals surface area contributed by atoms with Crippen LogP contribution in [0.2, 0.25) is 0 Å². The van der Waals surface area contributed by atoms with Gasteiger partial charge in [-0.05, 0) is 31.6 Å². The summed E-state index contributed by atoms with van der Waals surface area (Å²) in [7, 11) is 0. The van der Waals surface area contributed by atoms with Crippen molar-refractivity contribution in [3.05, 3.63) is 64.1 Å². The summed E-state index contributed by atoms with van der Waals surface area (Å²) in [5.41, 5.74) is 0.771. The number of anilines is 1. The SMILES string of the molecule is CCn1cc(C(=O)O)c(=O)c2cnc(N3CCN(C(=S)N[C@@H](C)c4ccccc4)CC3)nc21. The van der Waals surface area contributed by atoms with Gasteiger partial charge in [0.1, 0.15) is 11.2 Å². The molecule has 1 atom stereocenters. The molecule has 0 bridgehead atoms. The molecule has 0 saturated carbocycles. The van der Waals surface area contributed by atoms with Crippen LogP contribution in [-0.4, -0.2) is 61.8 Å². The first-order chi connectivity index (χ1) is 15.9. The van der Waals surface area contributed by atoms with Gasteiger partial charge in [-0.25, -0.2) is 9.78 Å². The van der Waals surface area contributed by atoms with Crippen LogP contribution in [0.15, 0.2) is 47.5 Å². The monoisotopic (exact) mass is 466 g/mol. The van der Waals surface area contributed by atoms with Crippen molar-refractivity contribution in [1.82, 2.24) is 24.8 Å². The van der Waals surface area contributed by atoms with Crippen molar-refractivity contribution in [3.63, 3.8) is 0 Å². The third-order valence-electron chi connectivity index (χ3n) is 5.86. The molecule has 10 heteroatoms. The first kappa shape index (κ1) is 22.7. The highest BCUT2D eigenvalue weighted by atomic mass is 32.1. The van der Waals surface area contributed by atoms with Crippen LogP contribution in [-0.2, 0) is 6.54 Å². The lowest BCUT2D eigenvalue weighted by atomic mass is 10.1. The van der Waals surface area contributed by atoms with Crippen LogP contribution in [0.1, 0.15) is 35.8 Å². The number of benzene rings is 1. The summed E-state index contributed by atoms with van der Waals surface area (Å²) in [5.74, 6) is -0.737. The Morgan fingerprint density at radius 1 is 1.21 bits per heavy atom. The van der Waals surface area contributed by atoms with Gasteiger partial charge in [-0.3, -0.25) is 4.79 Å². The van der Waals surface area contributed by atoms with Crippen molar-refractivity contribution in [2.75, 3.05) is 31.1 Å². The summed E-state index contributed by atoms with van der Waals surface area (Å²) >= 11 is 5.63. The number of hydrogen-bond donors (Lipinski definition) is 2. The fourth-order valence-corrected chi connectivity index (χ4v) is 4.28. The molecule has 1 aliphatic heterocycles. The van der Waals surface area contributed by atoms with E-state index in [1.807, 2.05) is 25.1 Å². The molecule has 3 aromatic rings. The number of nitrogens with zero attached hydrogens (tertiary/aromatic N) is 5. The molecule has 2 N–H and O–H groups in total. The van der Waals surface area contributed by atoms with E-state index >= 15 is 0 Å². The number of carboxylic acid groups (broad SMARTS) is 1. The minimum absolute atomic E-state index is 0.113. The number of hydrogen-bond acceptors (Lipinski definition) is 6. The summed E-state index contributed by atoms with van der Waals surface area (Å²) in [5, 5.41) is 13.6. The van der Waals surface area contributed by atoms with E-state index in [-0.39, 0.29) is 17.0 Å². The number of carbonyl (C=O) groups is 1. The number of rotatable bonds is 5. The van der Waals surface area contributed by atoms with Crippen LogP contribution in [0.5, 0.6) is 0 Å². The van der Waals surface area contributed by atoms with E-state index in [1.54, 1.807) is 4.57 Å². The molecule has 1 aromatic carbocycles. The highest BCUT2D eigenvalue weighted by Crippen LogP contribution is 2.17. The molecule has 3 heterocycles. The molecule has 9 nitrogen and oxygen atoms in total. The van der Waals surface area contributed by atoms with Crippen molar-refractivity contribution in [2.24, 2.45) is 0 Å². The summed E-state index contributed by atoms with van der Waals surface area (Å²) in [6.07, 6.45) is 2.78. The third-order valence-corrected chi connectivity index (χ3v) is 6.24. The Bertz CT molecular complexity index is 1240. The normalized spacial score (nSPS) is 14.8. The average molecular weight is 467 g/mol. The second-order valence-corrected chi connectivity index (χ2v) is 8.31. The topological polar surface area (TPSA) is 104 Å². The molecular weight excluding hydrogens is 440 g/mol. The molecule has 1 fully saturated rings. The average Bonchev–Trinajstić information content (AvgIpc) is 2.84. The van der Waals surface area contributed by atoms with Gasteiger partial charge in [0, 0.05) is 45.1 Å². The van der Waals surface area contributed by atoms with Crippen LogP contribution in [0, 0.1) is 0 Å². The molecule has 1 aliphatic rings. The lowest BCUT2D eigenvalue weighted by Crippen LogP contribution is -2.52. The first-order valence-electron chi connectivity index (χ1n) is 10.9. The van der Waals surface area contributed by atoms with Gasteiger partial charge >= 0.3 is 5.97 Å². The van der Waals surface area contributed by atoms with Gasteiger partial charge in [0.05, 0.1) is 11.4 Å². The van der Waals surface area contributed by atoms with Crippen molar-refractivity contribution < 1.29 is 9.90 Å². The Kier molecular flexibility index (Phi) is 6.55. The standard InChI is InChI=1S/C23H26N6O3S/c1-3-27-14-18(21(31)32)19(30)17-13-24-22(26-20(17)27)28-9-11-29(12-10-28)23(33)25-15(2)16-7-5-4-6-8-16/h4-8,13-15H,3,9-12H2,1-2H3,(H,25,33)(H,31,32)/t15-/m0/s1. The summed E-state index contributed by atoms with van der Waals surface area (Å²) < 4.78 is 1.67. The largest absolute Gasteiger partial charge is 0.477 e. The third kappa shape index (κ3) is 4.65. The predicted molar refractivity (Wildman–Crippen MR) is 131 cm³/mol. The Morgan fingerprint density at radius 2 is 1.91 bits per heavy atom.